The van der Waals surface area contributed by atoms with E-state index in [9.17, 15) is 9.90 Å². The van der Waals surface area contributed by atoms with Crippen molar-refractivity contribution in [1.29, 1.82) is 0 Å². The molecule has 10 heteroatoms. The van der Waals surface area contributed by atoms with E-state index in [1.165, 1.54) is 11.3 Å². The minimum atomic E-state index is -0.370. The lowest BCUT2D eigenvalue weighted by molar-refractivity contribution is 0.0962. The number of anilines is 3. The first kappa shape index (κ1) is 23.3. The van der Waals surface area contributed by atoms with Gasteiger partial charge in [0.25, 0.3) is 5.91 Å². The lowest BCUT2D eigenvalue weighted by Gasteiger charge is -2.19. The van der Waals surface area contributed by atoms with Gasteiger partial charge in [0.1, 0.15) is 10.8 Å². The van der Waals surface area contributed by atoms with Crippen LogP contribution in [0.25, 0.3) is 10.6 Å². The molecule has 4 aromatic rings. The number of nitrogens with zero attached hydrogens (tertiary/aromatic N) is 4. The highest BCUT2D eigenvalue weighted by Crippen LogP contribution is 2.32. The van der Waals surface area contributed by atoms with Crippen LogP contribution < -0.4 is 16.0 Å². The zero-order valence-electron chi connectivity index (χ0n) is 19.0. The molecule has 0 aliphatic rings. The van der Waals surface area contributed by atoms with Gasteiger partial charge in [-0.1, -0.05) is 41.7 Å². The third-order valence-corrected chi connectivity index (χ3v) is 6.07. The Bertz CT molecular complexity index is 1290. The van der Waals surface area contributed by atoms with Crippen molar-refractivity contribution < 1.29 is 9.90 Å². The van der Waals surface area contributed by atoms with Gasteiger partial charge in [-0.2, -0.15) is 4.98 Å². The van der Waals surface area contributed by atoms with Crippen LogP contribution in [0.5, 0.6) is 0 Å². The summed E-state index contributed by atoms with van der Waals surface area (Å²) in [5, 5.41) is 29.1. The van der Waals surface area contributed by atoms with Crippen molar-refractivity contribution in [3.05, 3.63) is 76.4 Å². The number of carbonyl (C=O) groups is 1. The summed E-state index contributed by atoms with van der Waals surface area (Å²) >= 11 is 1.44. The molecule has 0 spiro atoms. The quantitative estimate of drug-likeness (QED) is 0.303. The van der Waals surface area contributed by atoms with Gasteiger partial charge in [0.2, 0.25) is 5.95 Å². The maximum absolute atomic E-state index is 12.0. The number of aromatic nitrogens is 4. The molecule has 0 saturated carbocycles. The lowest BCUT2D eigenvalue weighted by Crippen LogP contribution is -2.19. The molecule has 0 bridgehead atoms. The molecule has 2 aromatic carbocycles. The van der Waals surface area contributed by atoms with Crippen LogP contribution in [0.2, 0.25) is 0 Å². The molecule has 34 heavy (non-hydrogen) atoms. The Hall–Kier alpha value is -3.89. The Morgan fingerprint density at radius 2 is 1.91 bits per heavy atom. The van der Waals surface area contributed by atoms with E-state index in [-0.39, 0.29) is 18.6 Å². The molecular weight excluding hydrogens is 450 g/mol. The van der Waals surface area contributed by atoms with E-state index in [1.54, 1.807) is 25.4 Å². The van der Waals surface area contributed by atoms with E-state index in [4.69, 9.17) is 0 Å². The first-order valence-corrected chi connectivity index (χ1v) is 11.5. The predicted molar refractivity (Wildman–Crippen MR) is 133 cm³/mol. The summed E-state index contributed by atoms with van der Waals surface area (Å²) in [6.07, 6.45) is 1.68. The number of aliphatic hydroxyl groups excluding tert-OH is 1. The second-order valence-corrected chi connectivity index (χ2v) is 8.79. The highest BCUT2D eigenvalue weighted by Gasteiger charge is 2.18. The second kappa shape index (κ2) is 10.4. The molecule has 0 aliphatic carbocycles. The van der Waals surface area contributed by atoms with Crippen molar-refractivity contribution in [3.63, 3.8) is 0 Å². The number of hydrogen-bond acceptors (Lipinski definition) is 9. The van der Waals surface area contributed by atoms with Gasteiger partial charge in [0, 0.05) is 24.5 Å². The van der Waals surface area contributed by atoms with E-state index in [2.05, 4.69) is 36.1 Å². The third kappa shape index (κ3) is 5.19. The highest BCUT2D eigenvalue weighted by molar-refractivity contribution is 7.14. The summed E-state index contributed by atoms with van der Waals surface area (Å²) in [5.41, 5.74) is 3.80. The fourth-order valence-corrected chi connectivity index (χ4v) is 4.16. The number of carbonyl (C=O) groups excluding carboxylic acids is 1. The van der Waals surface area contributed by atoms with E-state index in [0.29, 0.717) is 27.9 Å². The maximum atomic E-state index is 12.0. The first-order chi connectivity index (χ1) is 16.5. The maximum Gasteiger partial charge on any atom is 0.251 e. The van der Waals surface area contributed by atoms with Crippen molar-refractivity contribution in [2.24, 2.45) is 0 Å². The number of aliphatic hydroxyl groups is 1. The van der Waals surface area contributed by atoms with Gasteiger partial charge in [0.15, 0.2) is 5.01 Å². The van der Waals surface area contributed by atoms with Gasteiger partial charge in [0.05, 0.1) is 18.2 Å². The van der Waals surface area contributed by atoms with Gasteiger partial charge >= 0.3 is 0 Å². The van der Waals surface area contributed by atoms with Gasteiger partial charge in [-0.15, -0.1) is 10.2 Å². The number of benzene rings is 2. The average molecular weight is 476 g/mol. The lowest BCUT2D eigenvalue weighted by atomic mass is 10.1. The van der Waals surface area contributed by atoms with Gasteiger partial charge < -0.3 is 21.1 Å². The van der Waals surface area contributed by atoms with Crippen molar-refractivity contribution in [3.8, 4) is 10.6 Å². The molecule has 1 amide bonds. The minimum absolute atomic E-state index is 0.120. The fourth-order valence-electron chi connectivity index (χ4n) is 3.46. The van der Waals surface area contributed by atoms with Crippen LogP contribution in [0.4, 0.5) is 17.5 Å². The van der Waals surface area contributed by atoms with Crippen LogP contribution in [-0.4, -0.2) is 44.8 Å². The zero-order chi connectivity index (χ0) is 24.1. The molecule has 0 unspecified atom stereocenters. The summed E-state index contributed by atoms with van der Waals surface area (Å²) in [7, 11) is 1.60. The van der Waals surface area contributed by atoms with Crippen molar-refractivity contribution in [2.45, 2.75) is 19.9 Å². The molecule has 0 fully saturated rings. The van der Waals surface area contributed by atoms with E-state index in [0.717, 1.165) is 21.8 Å². The monoisotopic (exact) mass is 475 g/mol. The van der Waals surface area contributed by atoms with E-state index >= 15 is 0 Å². The normalized spacial score (nSPS) is 11.6. The Labute approximate surface area is 201 Å². The van der Waals surface area contributed by atoms with E-state index in [1.807, 2.05) is 50.2 Å². The second-order valence-electron chi connectivity index (χ2n) is 7.61. The number of nitrogens with one attached hydrogen (secondary N) is 3. The molecule has 2 aromatic heterocycles. The average Bonchev–Trinajstić information content (AvgIpc) is 3.28. The molecule has 174 valence electrons. The third-order valence-electron chi connectivity index (χ3n) is 5.19. The number of aryl methyl sites for hydroxylation is 2. The fraction of sp³-hybridized carbons (Fsp3) is 0.208. The summed E-state index contributed by atoms with van der Waals surface area (Å²) in [6.45, 7) is 3.64. The Morgan fingerprint density at radius 3 is 2.56 bits per heavy atom. The zero-order valence-corrected chi connectivity index (χ0v) is 19.8. The smallest absolute Gasteiger partial charge is 0.251 e. The Kier molecular flexibility index (Phi) is 7.09. The van der Waals surface area contributed by atoms with E-state index < -0.39 is 0 Å². The highest BCUT2D eigenvalue weighted by atomic mass is 32.1. The molecule has 1 atom stereocenters. The summed E-state index contributed by atoms with van der Waals surface area (Å²) in [5.74, 6) is 0.749. The van der Waals surface area contributed by atoms with Crippen LogP contribution in [-0.2, 0) is 0 Å². The van der Waals surface area contributed by atoms with Crippen LogP contribution >= 0.6 is 11.3 Å². The number of rotatable bonds is 8. The molecule has 0 aliphatic heterocycles. The van der Waals surface area contributed by atoms with Crippen molar-refractivity contribution >= 4 is 34.7 Å². The summed E-state index contributed by atoms with van der Waals surface area (Å²) < 4.78 is 0. The molecular formula is C24H25N7O2S. The molecule has 9 nitrogen and oxygen atoms in total. The van der Waals surface area contributed by atoms with Crippen molar-refractivity contribution in [1.82, 2.24) is 25.5 Å². The summed E-state index contributed by atoms with van der Waals surface area (Å²) in [4.78, 5) is 21.1. The number of amides is 1. The molecule has 4 N–H and O–H groups in total. The van der Waals surface area contributed by atoms with Gasteiger partial charge in [-0.25, -0.2) is 4.98 Å². The first-order valence-electron chi connectivity index (χ1n) is 10.7. The van der Waals surface area contributed by atoms with Crippen LogP contribution in [0.3, 0.4) is 0 Å². The SMILES string of the molecule is CNC(=O)c1ccc(Nc2ncc(-c3nnc(C)s3)c(N[C@H](CO)c3ccccc3)n2)cc1C. The van der Waals surface area contributed by atoms with Crippen LogP contribution in [0, 0.1) is 13.8 Å². The van der Waals surface area contributed by atoms with Gasteiger partial charge in [-0.3, -0.25) is 4.79 Å². The Morgan fingerprint density at radius 1 is 1.12 bits per heavy atom. The Balaban J connectivity index is 1.67. The minimum Gasteiger partial charge on any atom is -0.394 e. The van der Waals surface area contributed by atoms with Crippen molar-refractivity contribution in [2.75, 3.05) is 24.3 Å². The van der Waals surface area contributed by atoms with Crippen LogP contribution in [0.1, 0.15) is 32.5 Å². The standard InChI is InChI=1S/C24H25N7O2S/c1-14-11-17(9-10-18(14)22(33)25-3)27-24-26-12-19(23-31-30-15(2)34-23)21(29-24)28-20(13-32)16-7-5-4-6-8-16/h4-12,20,32H,13H2,1-3H3,(H,25,33)(H2,26,27,28,29)/t20-/m1/s1. The topological polar surface area (TPSA) is 125 Å². The largest absolute Gasteiger partial charge is 0.394 e. The predicted octanol–water partition coefficient (Wildman–Crippen LogP) is 3.86. The molecule has 0 radical (unpaired) electrons. The molecule has 4 rings (SSSR count). The number of hydrogen-bond donors (Lipinski definition) is 4. The van der Waals surface area contributed by atoms with Crippen LogP contribution in [0.15, 0.2) is 54.7 Å². The summed E-state index contributed by atoms with van der Waals surface area (Å²) in [6, 6.07) is 14.7. The molecule has 0 saturated heterocycles. The van der Waals surface area contributed by atoms with Gasteiger partial charge in [-0.05, 0) is 43.2 Å². The molecule has 2 heterocycles.